The number of hydrogen-bond acceptors (Lipinski definition) is 3. The fraction of sp³-hybridized carbons (Fsp3) is 0.429. The van der Waals surface area contributed by atoms with Gasteiger partial charge in [-0.1, -0.05) is 11.6 Å². The number of carbonyl (C=O) groups excluding carboxylic acids is 1. The van der Waals surface area contributed by atoms with E-state index < -0.39 is 5.97 Å². The summed E-state index contributed by atoms with van der Waals surface area (Å²) < 4.78 is 0. The van der Waals surface area contributed by atoms with Crippen molar-refractivity contribution in [1.82, 2.24) is 9.80 Å². The van der Waals surface area contributed by atoms with Crippen molar-refractivity contribution in [1.29, 1.82) is 0 Å². The average molecular weight is 314 g/mol. The highest BCUT2D eigenvalue weighted by molar-refractivity contribution is 6.34. The van der Waals surface area contributed by atoms with Crippen LogP contribution in [0.3, 0.4) is 0 Å². The average Bonchev–Trinajstić information content (AvgIpc) is 2.40. The standard InChI is InChI=1S/C14H20ClN3O3/c1-17(2)7-4-8-18(3)14(21)16-12-6-5-10(13(19)20)9-11(12)15/h5-6,9H,4,7-8H2,1-3H3,(H,16,21)(H,19,20). The summed E-state index contributed by atoms with van der Waals surface area (Å²) >= 11 is 5.96. The van der Waals surface area contributed by atoms with E-state index in [1.165, 1.54) is 18.2 Å². The molecule has 2 N–H and O–H groups in total. The largest absolute Gasteiger partial charge is 0.478 e. The Bertz CT molecular complexity index is 520. The van der Waals surface area contributed by atoms with Crippen molar-refractivity contribution in [3.05, 3.63) is 28.8 Å². The number of carboxylic acids is 1. The molecule has 0 spiro atoms. The van der Waals surface area contributed by atoms with E-state index in [0.717, 1.165) is 13.0 Å². The quantitative estimate of drug-likeness (QED) is 0.846. The number of halogens is 1. The second-order valence-corrected chi connectivity index (χ2v) is 5.42. The Balaban J connectivity index is 2.60. The molecule has 0 saturated carbocycles. The van der Waals surface area contributed by atoms with Crippen molar-refractivity contribution in [2.45, 2.75) is 6.42 Å². The molecule has 0 aromatic heterocycles. The van der Waals surface area contributed by atoms with Crippen molar-refractivity contribution in [2.75, 3.05) is 39.5 Å². The van der Waals surface area contributed by atoms with E-state index in [4.69, 9.17) is 16.7 Å². The molecule has 0 radical (unpaired) electrons. The third kappa shape index (κ3) is 5.61. The summed E-state index contributed by atoms with van der Waals surface area (Å²) in [6.45, 7) is 1.51. The van der Waals surface area contributed by atoms with Gasteiger partial charge in [0, 0.05) is 13.6 Å². The molecule has 0 bridgehead atoms. The molecule has 21 heavy (non-hydrogen) atoms. The number of anilines is 1. The zero-order chi connectivity index (χ0) is 16.0. The maximum Gasteiger partial charge on any atom is 0.335 e. The molecule has 7 heteroatoms. The molecular formula is C14H20ClN3O3. The van der Waals surface area contributed by atoms with E-state index in [0.29, 0.717) is 12.2 Å². The van der Waals surface area contributed by atoms with Crippen molar-refractivity contribution >= 4 is 29.3 Å². The first kappa shape index (κ1) is 17.3. The summed E-state index contributed by atoms with van der Waals surface area (Å²) in [5.41, 5.74) is 0.475. The van der Waals surface area contributed by atoms with Crippen LogP contribution < -0.4 is 5.32 Å². The van der Waals surface area contributed by atoms with Gasteiger partial charge in [-0.3, -0.25) is 0 Å². The molecule has 2 amide bonds. The van der Waals surface area contributed by atoms with Gasteiger partial charge in [0.2, 0.25) is 0 Å². The van der Waals surface area contributed by atoms with Crippen LogP contribution >= 0.6 is 11.6 Å². The van der Waals surface area contributed by atoms with Gasteiger partial charge in [-0.15, -0.1) is 0 Å². The van der Waals surface area contributed by atoms with E-state index in [1.54, 1.807) is 11.9 Å². The van der Waals surface area contributed by atoms with Crippen LogP contribution in [0.15, 0.2) is 18.2 Å². The zero-order valence-corrected chi connectivity index (χ0v) is 13.1. The second kappa shape index (κ2) is 7.85. The lowest BCUT2D eigenvalue weighted by Crippen LogP contribution is -2.33. The number of benzene rings is 1. The van der Waals surface area contributed by atoms with Crippen LogP contribution in [0.5, 0.6) is 0 Å². The number of carboxylic acid groups (broad SMARTS) is 1. The Morgan fingerprint density at radius 2 is 1.90 bits per heavy atom. The van der Waals surface area contributed by atoms with E-state index >= 15 is 0 Å². The van der Waals surface area contributed by atoms with Crippen molar-refractivity contribution < 1.29 is 14.7 Å². The Hall–Kier alpha value is -1.79. The molecule has 116 valence electrons. The molecule has 1 rings (SSSR count). The lowest BCUT2D eigenvalue weighted by molar-refractivity contribution is 0.0697. The number of nitrogens with zero attached hydrogens (tertiary/aromatic N) is 2. The summed E-state index contributed by atoms with van der Waals surface area (Å²) in [4.78, 5) is 26.4. The van der Waals surface area contributed by atoms with E-state index in [9.17, 15) is 9.59 Å². The van der Waals surface area contributed by atoms with Crippen LogP contribution in [0.4, 0.5) is 10.5 Å². The molecule has 1 aromatic carbocycles. The number of carbonyl (C=O) groups is 2. The SMILES string of the molecule is CN(C)CCCN(C)C(=O)Nc1ccc(C(=O)O)cc1Cl. The van der Waals surface area contributed by atoms with Crippen LogP contribution in [0.2, 0.25) is 5.02 Å². The highest BCUT2D eigenvalue weighted by atomic mass is 35.5. The van der Waals surface area contributed by atoms with Gasteiger partial charge in [0.1, 0.15) is 0 Å². The van der Waals surface area contributed by atoms with Crippen LogP contribution in [0.1, 0.15) is 16.8 Å². The maximum atomic E-state index is 12.0. The van der Waals surface area contributed by atoms with Crippen LogP contribution in [-0.2, 0) is 0 Å². The van der Waals surface area contributed by atoms with Gasteiger partial charge in [0.25, 0.3) is 0 Å². The fourth-order valence-electron chi connectivity index (χ4n) is 1.69. The predicted octanol–water partition coefficient (Wildman–Crippen LogP) is 2.45. The van der Waals surface area contributed by atoms with Gasteiger partial charge >= 0.3 is 12.0 Å². The summed E-state index contributed by atoms with van der Waals surface area (Å²) in [7, 11) is 5.65. The molecule has 0 aliphatic heterocycles. The van der Waals surface area contributed by atoms with Crippen molar-refractivity contribution in [3.8, 4) is 0 Å². The summed E-state index contributed by atoms with van der Waals surface area (Å²) in [6.07, 6.45) is 0.864. The first-order chi connectivity index (χ1) is 9.81. The third-order valence-corrected chi connectivity index (χ3v) is 3.22. The molecule has 0 aliphatic rings. The van der Waals surface area contributed by atoms with Crippen LogP contribution in [-0.4, -0.2) is 61.1 Å². The summed E-state index contributed by atoms with van der Waals surface area (Å²) in [6, 6.07) is 3.91. The lowest BCUT2D eigenvalue weighted by Gasteiger charge is -2.19. The number of nitrogens with one attached hydrogen (secondary N) is 1. The minimum Gasteiger partial charge on any atom is -0.478 e. The first-order valence-electron chi connectivity index (χ1n) is 6.51. The van der Waals surface area contributed by atoms with Crippen LogP contribution in [0.25, 0.3) is 0 Å². The fourth-order valence-corrected chi connectivity index (χ4v) is 1.91. The molecule has 1 aromatic rings. The lowest BCUT2D eigenvalue weighted by atomic mass is 10.2. The zero-order valence-electron chi connectivity index (χ0n) is 12.4. The summed E-state index contributed by atoms with van der Waals surface area (Å²) in [5.74, 6) is -1.06. The number of aromatic carboxylic acids is 1. The van der Waals surface area contributed by atoms with E-state index in [-0.39, 0.29) is 16.6 Å². The Morgan fingerprint density at radius 3 is 2.43 bits per heavy atom. The molecule has 0 fully saturated rings. The number of amides is 2. The van der Waals surface area contributed by atoms with Crippen molar-refractivity contribution in [2.24, 2.45) is 0 Å². The first-order valence-corrected chi connectivity index (χ1v) is 6.88. The minimum atomic E-state index is -1.06. The smallest absolute Gasteiger partial charge is 0.335 e. The second-order valence-electron chi connectivity index (χ2n) is 5.01. The molecule has 0 unspecified atom stereocenters. The third-order valence-electron chi connectivity index (χ3n) is 2.90. The molecule has 0 aliphatic carbocycles. The van der Waals surface area contributed by atoms with E-state index in [1.807, 2.05) is 19.0 Å². The molecular weight excluding hydrogens is 294 g/mol. The van der Waals surface area contributed by atoms with Gasteiger partial charge < -0.3 is 20.2 Å². The molecule has 0 saturated heterocycles. The molecule has 6 nitrogen and oxygen atoms in total. The monoisotopic (exact) mass is 313 g/mol. The van der Waals surface area contributed by atoms with Gasteiger partial charge in [-0.05, 0) is 45.3 Å². The number of urea groups is 1. The minimum absolute atomic E-state index is 0.0809. The molecule has 0 heterocycles. The summed E-state index contributed by atoms with van der Waals surface area (Å²) in [5, 5.41) is 11.7. The van der Waals surface area contributed by atoms with Gasteiger partial charge in [-0.2, -0.15) is 0 Å². The number of hydrogen-bond donors (Lipinski definition) is 2. The number of rotatable bonds is 6. The van der Waals surface area contributed by atoms with Crippen molar-refractivity contribution in [3.63, 3.8) is 0 Å². The van der Waals surface area contributed by atoms with Crippen LogP contribution in [0, 0.1) is 0 Å². The Kier molecular flexibility index (Phi) is 6.45. The van der Waals surface area contributed by atoms with Gasteiger partial charge in [0.15, 0.2) is 0 Å². The van der Waals surface area contributed by atoms with Gasteiger partial charge in [-0.25, -0.2) is 9.59 Å². The maximum absolute atomic E-state index is 12.0. The normalized spacial score (nSPS) is 10.5. The Labute approximate surface area is 129 Å². The van der Waals surface area contributed by atoms with Gasteiger partial charge in [0.05, 0.1) is 16.3 Å². The highest BCUT2D eigenvalue weighted by Gasteiger charge is 2.12. The highest BCUT2D eigenvalue weighted by Crippen LogP contribution is 2.23. The molecule has 0 atom stereocenters. The van der Waals surface area contributed by atoms with E-state index in [2.05, 4.69) is 5.32 Å². The Morgan fingerprint density at radius 1 is 1.24 bits per heavy atom. The predicted molar refractivity (Wildman–Crippen MR) is 83.2 cm³/mol. The topological polar surface area (TPSA) is 72.9 Å².